The smallest absolute Gasteiger partial charge is 0.233 e. The van der Waals surface area contributed by atoms with Crippen LogP contribution in [0.3, 0.4) is 0 Å². The van der Waals surface area contributed by atoms with Gasteiger partial charge < -0.3 is 0 Å². The lowest BCUT2D eigenvalue weighted by Crippen LogP contribution is -2.17. The Balaban J connectivity index is -0.000000614. The lowest BCUT2D eigenvalue weighted by molar-refractivity contribution is 0.363. The van der Waals surface area contributed by atoms with Gasteiger partial charge in [-0.3, -0.25) is 0 Å². The molecular weight excluding hydrogens is 1510 g/mol. The lowest BCUT2D eigenvalue weighted by Gasteiger charge is -2.42. The second kappa shape index (κ2) is 60.7. The maximum Gasteiger partial charge on any atom is 0.532 e. The zero-order chi connectivity index (χ0) is 77.6. The molecule has 0 heterocycles. The van der Waals surface area contributed by atoms with Crippen LogP contribution in [-0.2, 0) is 50.0 Å². The van der Waals surface area contributed by atoms with Crippen LogP contribution in [0.15, 0.2) is 0 Å². The fourth-order valence-electron chi connectivity index (χ4n) is 11.6. The lowest BCUT2D eigenvalue weighted by atomic mass is 10.3. The van der Waals surface area contributed by atoms with Crippen LogP contribution in [0.1, 0.15) is 320 Å². The first-order chi connectivity index (χ1) is 47.1. The molecule has 0 saturated carbocycles. The summed E-state index contributed by atoms with van der Waals surface area (Å²) in [6, 6.07) is 0. The van der Waals surface area contributed by atoms with Crippen molar-refractivity contribution >= 4 is 114 Å². The molecule has 0 atom stereocenters. The van der Waals surface area contributed by atoms with E-state index in [-0.39, 0.29) is 0 Å². The molecule has 0 aliphatic rings. The predicted octanol–water partition coefficient (Wildman–Crippen LogP) is 32.0. The third-order valence-electron chi connectivity index (χ3n) is 19.4. The molecule has 0 saturated heterocycles. The summed E-state index contributed by atoms with van der Waals surface area (Å²) in [5, 5.41) is 0. The van der Waals surface area contributed by atoms with Crippen molar-refractivity contribution in [2.45, 2.75) is 320 Å². The zero-order valence-electron chi connectivity index (χ0n) is 69.4. The maximum absolute atomic E-state index is 15.0. The highest BCUT2D eigenvalue weighted by atomic mass is 32.3. The van der Waals surface area contributed by atoms with Gasteiger partial charge in [0.1, 0.15) is 0 Å². The first-order valence-electron chi connectivity index (χ1n) is 40.1. The predicted molar refractivity (Wildman–Crippen MR) is 468 cm³/mol. The third-order valence-corrected chi connectivity index (χ3v) is 60.3. The van der Waals surface area contributed by atoms with Gasteiger partial charge in [-0.2, -0.15) is 0 Å². The molecule has 100 heavy (non-hydrogen) atoms. The molecule has 624 valence electrons. The molecule has 0 amide bonds. The summed E-state index contributed by atoms with van der Waals surface area (Å²) in [6.45, 7) is 49.5. The topological polar surface area (TPSA) is 142 Å². The molecule has 0 unspecified atom stereocenters. The molecular formula is C72H168F4O12P4S8. The van der Waals surface area contributed by atoms with Gasteiger partial charge in [-0.05, 0) is 189 Å². The van der Waals surface area contributed by atoms with E-state index in [1.165, 1.54) is 0 Å². The van der Waals surface area contributed by atoms with Crippen molar-refractivity contribution in [3.8, 4) is 0 Å². The minimum absolute atomic E-state index is 0.737. The molecule has 0 aromatic carbocycles. The Morgan fingerprint density at radius 2 is 0.250 bits per heavy atom. The third kappa shape index (κ3) is 46.8. The van der Waals surface area contributed by atoms with Gasteiger partial charge in [0.15, 0.2) is 0 Å². The van der Waals surface area contributed by atoms with Crippen LogP contribution in [0, 0.1) is 0 Å². The van der Waals surface area contributed by atoms with E-state index in [0.717, 1.165) is 292 Å². The summed E-state index contributed by atoms with van der Waals surface area (Å²) in [7, 11) is -31.4. The van der Waals surface area contributed by atoms with Crippen LogP contribution in [0.5, 0.6) is 0 Å². The first kappa shape index (κ1) is 109. The Labute approximate surface area is 634 Å². The molecule has 0 radical (unpaired) electrons. The molecule has 0 rings (SSSR count). The van der Waals surface area contributed by atoms with Gasteiger partial charge in [0.2, 0.25) is 0 Å². The molecule has 0 aromatic rings. The molecule has 0 N–H and O–H groups in total. The van der Waals surface area contributed by atoms with Crippen LogP contribution in [0.25, 0.3) is 0 Å². The molecule has 0 bridgehead atoms. The highest BCUT2D eigenvalue weighted by Gasteiger charge is 2.45. The van der Waals surface area contributed by atoms with Gasteiger partial charge in [-0.15, -0.1) is 99.3 Å². The van der Waals surface area contributed by atoms with E-state index < -0.39 is 114 Å². The summed E-state index contributed by atoms with van der Waals surface area (Å²) in [5.41, 5.74) is 0. The van der Waals surface area contributed by atoms with Crippen molar-refractivity contribution in [1.29, 1.82) is 0 Å². The highest BCUT2D eigenvalue weighted by molar-refractivity contribution is 8.35. The van der Waals surface area contributed by atoms with Crippen molar-refractivity contribution in [2.75, 3.05) is 138 Å². The van der Waals surface area contributed by atoms with Gasteiger partial charge in [-0.25, -0.2) is 50.0 Å². The van der Waals surface area contributed by atoms with E-state index >= 15 is 0 Å². The summed E-state index contributed by atoms with van der Waals surface area (Å²) in [4.78, 5) is 0. The highest BCUT2D eigenvalue weighted by Crippen LogP contribution is 2.76. The standard InChI is InChI=1S/4C18H42FO3PS2/c4*1-7-13-15-17-24(9-3,10-4)21-23(19,20)22-25(11-5,12-6)18-16-14-8-2/h4*7-18H2,1-6H3. The van der Waals surface area contributed by atoms with Crippen molar-refractivity contribution < 1.29 is 66.8 Å². The van der Waals surface area contributed by atoms with Crippen LogP contribution >= 0.6 is 114 Å². The molecule has 0 fully saturated rings. The van der Waals surface area contributed by atoms with Gasteiger partial charge >= 0.3 is 31.6 Å². The van der Waals surface area contributed by atoms with Crippen molar-refractivity contribution in [2.24, 2.45) is 0 Å². The monoisotopic (exact) mass is 1680 g/mol. The Morgan fingerprint density at radius 1 is 0.170 bits per heavy atom. The molecule has 28 heteroatoms. The number of halogens is 4. The van der Waals surface area contributed by atoms with Crippen LogP contribution < -0.4 is 0 Å². The Bertz CT molecular complexity index is 1710. The van der Waals surface area contributed by atoms with E-state index in [1.807, 2.05) is 111 Å². The van der Waals surface area contributed by atoms with Gasteiger partial charge in [0.05, 0.1) is 0 Å². The summed E-state index contributed by atoms with van der Waals surface area (Å²) in [5.74, 6) is 18.4. The Morgan fingerprint density at radius 3 is 0.310 bits per heavy atom. The number of hydrogen-bond donors (Lipinski definition) is 0. The first-order valence-corrected chi connectivity index (χ1v) is 62.4. The van der Waals surface area contributed by atoms with Gasteiger partial charge in [-0.1, -0.05) is 269 Å². The fourth-order valence-corrected chi connectivity index (χ4v) is 47.8. The fraction of sp³-hybridized carbons (Fsp3) is 1.00. The second-order valence-corrected chi connectivity index (χ2v) is 62.1. The summed E-state index contributed by atoms with van der Waals surface area (Å²) in [6.07, 6.45) is 25.8. The number of unbranched alkanes of at least 4 members (excludes halogenated alkanes) is 16. The van der Waals surface area contributed by atoms with Crippen LogP contribution in [-0.4, -0.2) is 138 Å². The average molecular weight is 1680 g/mol. The quantitative estimate of drug-likeness (QED) is 0.0325. The SMILES string of the molecule is CCCCCS(CC)(CC)OP(=O)(F)OS(CC)(CC)CCCCC.CCCCCS(CC)(CC)OP(=O)(F)OS(CC)(CC)CCCCC.CCCCCS(CC)(CC)OP(=O)(F)OS(CC)(CC)CCCCC.CCCCCS(CC)(CC)OP(=O)(F)OS(CC)(CC)CCCCC. The average Bonchev–Trinajstić information content (AvgIpc) is 0.834. The molecule has 0 spiro atoms. The van der Waals surface area contributed by atoms with E-state index in [1.54, 1.807) is 0 Å². The van der Waals surface area contributed by atoms with Crippen LogP contribution in [0.4, 0.5) is 16.8 Å². The number of rotatable bonds is 64. The zero-order valence-corrected chi connectivity index (χ0v) is 79.5. The van der Waals surface area contributed by atoms with Crippen LogP contribution in [0.2, 0.25) is 0 Å². The van der Waals surface area contributed by atoms with Crippen molar-refractivity contribution in [3.63, 3.8) is 0 Å². The van der Waals surface area contributed by atoms with E-state index in [0.29, 0.717) is 0 Å². The van der Waals surface area contributed by atoms with Gasteiger partial charge in [0, 0.05) is 0 Å². The molecule has 0 aromatic heterocycles. The minimum atomic E-state index is -4.52. The maximum atomic E-state index is 15.0. The largest absolute Gasteiger partial charge is 0.532 e. The number of hydrogen-bond acceptors (Lipinski definition) is 12. The summed E-state index contributed by atoms with van der Waals surface area (Å²) >= 11 is 0. The molecule has 0 aliphatic carbocycles. The summed E-state index contributed by atoms with van der Waals surface area (Å²) < 4.78 is 156. The Kier molecular flexibility index (Phi) is 66.5. The normalized spacial score (nSPS) is 14.7. The van der Waals surface area contributed by atoms with E-state index in [2.05, 4.69) is 55.4 Å². The molecule has 12 nitrogen and oxygen atoms in total. The van der Waals surface area contributed by atoms with Crippen molar-refractivity contribution in [3.05, 3.63) is 0 Å². The van der Waals surface area contributed by atoms with Crippen molar-refractivity contribution in [1.82, 2.24) is 0 Å². The van der Waals surface area contributed by atoms with Gasteiger partial charge in [0.25, 0.3) is 0 Å². The van der Waals surface area contributed by atoms with E-state index in [9.17, 15) is 35.0 Å². The Hall–Kier alpha value is 3.12. The second-order valence-electron chi connectivity index (χ2n) is 26.0. The minimum Gasteiger partial charge on any atom is -0.233 e. The van der Waals surface area contributed by atoms with E-state index in [4.69, 9.17) is 31.8 Å². The molecule has 0 aliphatic heterocycles.